The number of hydrogen-bond acceptors (Lipinski definition) is 4. The molecule has 7 nitrogen and oxygen atoms in total. The van der Waals surface area contributed by atoms with E-state index in [2.05, 4.69) is 14.9 Å². The molecular weight excluding hydrogens is 362 g/mol. The Hall–Kier alpha value is -2.32. The van der Waals surface area contributed by atoms with Gasteiger partial charge in [0, 0.05) is 24.0 Å². The van der Waals surface area contributed by atoms with Gasteiger partial charge in [-0.1, -0.05) is 23.7 Å². The molecule has 3 rings (SSSR count). The molecule has 0 atom stereocenters. The maximum Gasteiger partial charge on any atom is 0.265 e. The Balaban J connectivity index is 1.76. The van der Waals surface area contributed by atoms with E-state index in [-0.39, 0.29) is 4.90 Å². The van der Waals surface area contributed by atoms with Gasteiger partial charge in [0.15, 0.2) is 0 Å². The van der Waals surface area contributed by atoms with Crippen LogP contribution in [0.3, 0.4) is 0 Å². The smallest absolute Gasteiger partial charge is 0.265 e. The van der Waals surface area contributed by atoms with Crippen LogP contribution in [0.2, 0.25) is 5.02 Å². The minimum atomic E-state index is -3.70. The summed E-state index contributed by atoms with van der Waals surface area (Å²) < 4.78 is 30.9. The molecule has 2 heterocycles. The highest BCUT2D eigenvalue weighted by atomic mass is 35.5. The Morgan fingerprint density at radius 3 is 2.52 bits per heavy atom. The van der Waals surface area contributed by atoms with Crippen molar-refractivity contribution in [2.24, 2.45) is 0 Å². The molecule has 0 aliphatic carbocycles. The SMILES string of the molecule is CCn1cc(S(=O)(=O)Nc2cnn(Cc3ccc(Cl)cc3)c2)c(C)n1. The van der Waals surface area contributed by atoms with Gasteiger partial charge in [-0.2, -0.15) is 10.2 Å². The lowest BCUT2D eigenvalue weighted by Crippen LogP contribution is -2.13. The Labute approximate surface area is 151 Å². The average molecular weight is 380 g/mol. The molecule has 3 aromatic rings. The third kappa shape index (κ3) is 4.02. The number of sulfonamides is 1. The number of rotatable bonds is 6. The van der Waals surface area contributed by atoms with Crippen LogP contribution in [0.4, 0.5) is 5.69 Å². The molecular formula is C16H18ClN5O2S. The molecule has 0 bridgehead atoms. The van der Waals surface area contributed by atoms with Gasteiger partial charge in [0.1, 0.15) is 4.90 Å². The van der Waals surface area contributed by atoms with E-state index in [1.165, 1.54) is 12.4 Å². The van der Waals surface area contributed by atoms with Crippen LogP contribution in [-0.2, 0) is 23.1 Å². The zero-order chi connectivity index (χ0) is 18.0. The minimum absolute atomic E-state index is 0.166. The van der Waals surface area contributed by atoms with Crippen LogP contribution in [0.5, 0.6) is 0 Å². The zero-order valence-corrected chi connectivity index (χ0v) is 15.4. The number of aromatic nitrogens is 4. The Bertz CT molecular complexity index is 976. The molecule has 1 aromatic carbocycles. The van der Waals surface area contributed by atoms with Gasteiger partial charge < -0.3 is 0 Å². The van der Waals surface area contributed by atoms with E-state index >= 15 is 0 Å². The van der Waals surface area contributed by atoms with Gasteiger partial charge in [-0.15, -0.1) is 0 Å². The van der Waals surface area contributed by atoms with Crippen LogP contribution in [0.15, 0.2) is 47.8 Å². The standard InChI is InChI=1S/C16H18ClN5O2S/c1-3-21-11-16(12(2)19-21)25(23,24)20-15-8-18-22(10-15)9-13-4-6-14(17)7-5-13/h4-8,10-11,20H,3,9H2,1-2H3. The molecule has 1 N–H and O–H groups in total. The fourth-order valence-corrected chi connectivity index (χ4v) is 3.76. The lowest BCUT2D eigenvalue weighted by Gasteiger charge is -2.04. The number of anilines is 1. The van der Waals surface area contributed by atoms with Crippen molar-refractivity contribution in [1.82, 2.24) is 19.6 Å². The van der Waals surface area contributed by atoms with Crippen molar-refractivity contribution < 1.29 is 8.42 Å². The second kappa shape index (κ2) is 6.89. The summed E-state index contributed by atoms with van der Waals surface area (Å²) in [6, 6.07) is 7.41. The summed E-state index contributed by atoms with van der Waals surface area (Å²) in [5.41, 5.74) is 1.88. The molecule has 0 saturated heterocycles. The van der Waals surface area contributed by atoms with E-state index in [9.17, 15) is 8.42 Å². The van der Waals surface area contributed by atoms with Gasteiger partial charge in [0.25, 0.3) is 10.0 Å². The van der Waals surface area contributed by atoms with E-state index in [0.717, 1.165) is 5.56 Å². The number of hydrogen-bond donors (Lipinski definition) is 1. The largest absolute Gasteiger partial charge is 0.276 e. The lowest BCUT2D eigenvalue weighted by molar-refractivity contribution is 0.600. The van der Waals surface area contributed by atoms with E-state index < -0.39 is 10.0 Å². The van der Waals surface area contributed by atoms with E-state index in [1.807, 2.05) is 19.1 Å². The summed E-state index contributed by atoms with van der Waals surface area (Å²) >= 11 is 5.87. The molecule has 0 unspecified atom stereocenters. The summed E-state index contributed by atoms with van der Waals surface area (Å²) in [7, 11) is -3.70. The van der Waals surface area contributed by atoms with Gasteiger partial charge in [-0.05, 0) is 31.5 Å². The van der Waals surface area contributed by atoms with Crippen molar-refractivity contribution in [3.8, 4) is 0 Å². The monoisotopic (exact) mass is 379 g/mol. The molecule has 0 saturated carbocycles. The van der Waals surface area contributed by atoms with Gasteiger partial charge >= 0.3 is 0 Å². The summed E-state index contributed by atoms with van der Waals surface area (Å²) in [5, 5.41) is 9.03. The van der Waals surface area contributed by atoms with Crippen LogP contribution in [0.1, 0.15) is 18.2 Å². The van der Waals surface area contributed by atoms with Crippen LogP contribution >= 0.6 is 11.6 Å². The topological polar surface area (TPSA) is 81.8 Å². The van der Waals surface area contributed by atoms with Gasteiger partial charge in [-0.25, -0.2) is 8.42 Å². The first-order chi connectivity index (χ1) is 11.9. The fraction of sp³-hybridized carbons (Fsp3) is 0.250. The Morgan fingerprint density at radius 2 is 1.88 bits per heavy atom. The van der Waals surface area contributed by atoms with E-state index in [1.54, 1.807) is 34.6 Å². The van der Waals surface area contributed by atoms with Crippen LogP contribution in [0.25, 0.3) is 0 Å². The molecule has 0 aliphatic rings. The van der Waals surface area contributed by atoms with Crippen molar-refractivity contribution in [3.05, 3.63) is 59.1 Å². The first kappa shape index (κ1) is 17.5. The third-order valence-electron chi connectivity index (χ3n) is 3.66. The predicted molar refractivity (Wildman–Crippen MR) is 96.2 cm³/mol. The second-order valence-electron chi connectivity index (χ2n) is 5.59. The van der Waals surface area contributed by atoms with Gasteiger partial charge in [0.05, 0.1) is 24.1 Å². The zero-order valence-electron chi connectivity index (χ0n) is 13.8. The highest BCUT2D eigenvalue weighted by Crippen LogP contribution is 2.18. The Morgan fingerprint density at radius 1 is 1.16 bits per heavy atom. The first-order valence-electron chi connectivity index (χ1n) is 7.71. The third-order valence-corrected chi connectivity index (χ3v) is 5.39. The number of nitrogens with zero attached hydrogens (tertiary/aromatic N) is 4. The minimum Gasteiger partial charge on any atom is -0.276 e. The molecule has 0 fully saturated rings. The van der Waals surface area contributed by atoms with Crippen molar-refractivity contribution in [3.63, 3.8) is 0 Å². The molecule has 132 valence electrons. The molecule has 0 spiro atoms. The highest BCUT2D eigenvalue weighted by Gasteiger charge is 2.20. The molecule has 0 amide bonds. The normalized spacial score (nSPS) is 11.6. The molecule has 25 heavy (non-hydrogen) atoms. The Kier molecular flexibility index (Phi) is 4.82. The second-order valence-corrected chi connectivity index (χ2v) is 7.68. The van der Waals surface area contributed by atoms with Crippen LogP contribution in [0, 0.1) is 6.92 Å². The number of aryl methyl sites for hydroxylation is 2. The fourth-order valence-electron chi connectivity index (χ4n) is 2.42. The van der Waals surface area contributed by atoms with E-state index in [4.69, 9.17) is 11.6 Å². The summed E-state index contributed by atoms with van der Waals surface area (Å²) in [6.45, 7) is 4.70. The molecule has 0 aliphatic heterocycles. The van der Waals surface area contributed by atoms with Gasteiger partial charge in [-0.3, -0.25) is 14.1 Å². The van der Waals surface area contributed by atoms with Crippen molar-refractivity contribution in [2.45, 2.75) is 31.8 Å². The number of halogens is 1. The lowest BCUT2D eigenvalue weighted by atomic mass is 10.2. The molecule has 0 radical (unpaired) electrons. The molecule has 9 heteroatoms. The van der Waals surface area contributed by atoms with Crippen molar-refractivity contribution >= 4 is 27.3 Å². The average Bonchev–Trinajstić information content (AvgIpc) is 3.16. The van der Waals surface area contributed by atoms with Crippen molar-refractivity contribution in [2.75, 3.05) is 4.72 Å². The van der Waals surface area contributed by atoms with Crippen LogP contribution < -0.4 is 4.72 Å². The van der Waals surface area contributed by atoms with Crippen LogP contribution in [-0.4, -0.2) is 28.0 Å². The first-order valence-corrected chi connectivity index (χ1v) is 9.57. The van der Waals surface area contributed by atoms with Gasteiger partial charge in [0.2, 0.25) is 0 Å². The summed E-state index contributed by atoms with van der Waals surface area (Å²) in [6.07, 6.45) is 4.65. The maximum absolute atomic E-state index is 12.5. The van der Waals surface area contributed by atoms with E-state index in [0.29, 0.717) is 29.5 Å². The summed E-state index contributed by atoms with van der Waals surface area (Å²) in [5.74, 6) is 0. The maximum atomic E-state index is 12.5. The summed E-state index contributed by atoms with van der Waals surface area (Å²) in [4.78, 5) is 0.166. The number of nitrogens with one attached hydrogen (secondary N) is 1. The predicted octanol–water partition coefficient (Wildman–Crippen LogP) is 2.91. The number of benzene rings is 1. The van der Waals surface area contributed by atoms with Crippen molar-refractivity contribution in [1.29, 1.82) is 0 Å². The quantitative estimate of drug-likeness (QED) is 0.713. The molecule has 2 aromatic heterocycles. The highest BCUT2D eigenvalue weighted by molar-refractivity contribution is 7.92.